The van der Waals surface area contributed by atoms with E-state index in [1.165, 1.54) is 0 Å². The summed E-state index contributed by atoms with van der Waals surface area (Å²) in [6, 6.07) is 5.57. The van der Waals surface area contributed by atoms with Crippen molar-refractivity contribution in [3.8, 4) is 11.5 Å². The van der Waals surface area contributed by atoms with Crippen LogP contribution in [-0.4, -0.2) is 23.6 Å². The SMILES string of the molecule is C=C(O)C(CO)Cc1ccc2c(c1)OCO2. The molecule has 1 aliphatic rings. The molecule has 1 unspecified atom stereocenters. The smallest absolute Gasteiger partial charge is 0.231 e. The van der Waals surface area contributed by atoms with Crippen LogP contribution in [0, 0.1) is 5.92 Å². The second-order valence-corrected chi connectivity index (χ2v) is 3.76. The molecule has 2 rings (SSSR count). The van der Waals surface area contributed by atoms with E-state index in [9.17, 15) is 5.11 Å². The Labute approximate surface area is 93.7 Å². The molecular formula is C12H14O4. The van der Waals surface area contributed by atoms with Crippen LogP contribution in [0.3, 0.4) is 0 Å². The van der Waals surface area contributed by atoms with Crippen molar-refractivity contribution in [2.75, 3.05) is 13.4 Å². The molecule has 0 amide bonds. The number of ether oxygens (including phenoxy) is 2. The van der Waals surface area contributed by atoms with Crippen molar-refractivity contribution in [1.29, 1.82) is 0 Å². The van der Waals surface area contributed by atoms with Crippen LogP contribution in [0.5, 0.6) is 11.5 Å². The van der Waals surface area contributed by atoms with Crippen LogP contribution >= 0.6 is 0 Å². The van der Waals surface area contributed by atoms with Gasteiger partial charge in [-0.25, -0.2) is 0 Å². The first-order valence-corrected chi connectivity index (χ1v) is 5.08. The average molecular weight is 222 g/mol. The van der Waals surface area contributed by atoms with E-state index in [0.29, 0.717) is 12.2 Å². The van der Waals surface area contributed by atoms with E-state index >= 15 is 0 Å². The first kappa shape index (κ1) is 10.8. The highest BCUT2D eigenvalue weighted by Crippen LogP contribution is 2.33. The molecule has 16 heavy (non-hydrogen) atoms. The van der Waals surface area contributed by atoms with Gasteiger partial charge >= 0.3 is 0 Å². The molecular weight excluding hydrogens is 208 g/mol. The monoisotopic (exact) mass is 222 g/mol. The Morgan fingerprint density at radius 3 is 2.81 bits per heavy atom. The molecule has 0 aromatic heterocycles. The Kier molecular flexibility index (Phi) is 3.01. The highest BCUT2D eigenvalue weighted by atomic mass is 16.7. The van der Waals surface area contributed by atoms with Crippen molar-refractivity contribution >= 4 is 0 Å². The van der Waals surface area contributed by atoms with Gasteiger partial charge in [-0.2, -0.15) is 0 Å². The molecule has 0 aliphatic carbocycles. The van der Waals surface area contributed by atoms with Gasteiger partial charge in [0, 0.05) is 5.92 Å². The Hall–Kier alpha value is -1.68. The lowest BCUT2D eigenvalue weighted by atomic mass is 9.98. The minimum Gasteiger partial charge on any atom is -0.513 e. The molecule has 1 heterocycles. The molecule has 4 nitrogen and oxygen atoms in total. The van der Waals surface area contributed by atoms with Crippen molar-refractivity contribution in [3.63, 3.8) is 0 Å². The first-order chi connectivity index (χ1) is 7.70. The minimum atomic E-state index is -0.333. The van der Waals surface area contributed by atoms with Crippen molar-refractivity contribution < 1.29 is 19.7 Å². The van der Waals surface area contributed by atoms with E-state index < -0.39 is 0 Å². The number of hydrogen-bond donors (Lipinski definition) is 2. The van der Waals surface area contributed by atoms with E-state index in [4.69, 9.17) is 14.6 Å². The fourth-order valence-electron chi connectivity index (χ4n) is 1.64. The van der Waals surface area contributed by atoms with Crippen LogP contribution in [-0.2, 0) is 6.42 Å². The van der Waals surface area contributed by atoms with E-state index in [2.05, 4.69) is 6.58 Å². The zero-order valence-corrected chi connectivity index (χ0v) is 8.85. The maximum absolute atomic E-state index is 9.26. The highest BCUT2D eigenvalue weighted by molar-refractivity contribution is 5.44. The topological polar surface area (TPSA) is 58.9 Å². The van der Waals surface area contributed by atoms with Crippen molar-refractivity contribution in [1.82, 2.24) is 0 Å². The molecule has 1 aromatic carbocycles. The molecule has 86 valence electrons. The van der Waals surface area contributed by atoms with E-state index in [1.54, 1.807) is 0 Å². The first-order valence-electron chi connectivity index (χ1n) is 5.08. The third kappa shape index (κ3) is 2.12. The molecule has 1 atom stereocenters. The molecule has 1 aliphatic heterocycles. The maximum Gasteiger partial charge on any atom is 0.231 e. The summed E-state index contributed by atoms with van der Waals surface area (Å²) in [6.45, 7) is 3.56. The summed E-state index contributed by atoms with van der Waals surface area (Å²) in [5, 5.41) is 18.3. The van der Waals surface area contributed by atoms with Gasteiger partial charge in [0.1, 0.15) is 0 Å². The summed E-state index contributed by atoms with van der Waals surface area (Å²) in [4.78, 5) is 0. The summed E-state index contributed by atoms with van der Waals surface area (Å²) in [5.74, 6) is 1.10. The van der Waals surface area contributed by atoms with E-state index in [-0.39, 0.29) is 25.1 Å². The largest absolute Gasteiger partial charge is 0.513 e. The number of rotatable bonds is 4. The second-order valence-electron chi connectivity index (χ2n) is 3.76. The van der Waals surface area contributed by atoms with Gasteiger partial charge in [0.25, 0.3) is 0 Å². The highest BCUT2D eigenvalue weighted by Gasteiger charge is 2.16. The van der Waals surface area contributed by atoms with Crippen LogP contribution in [0.15, 0.2) is 30.5 Å². The third-order valence-electron chi connectivity index (χ3n) is 2.61. The zero-order valence-electron chi connectivity index (χ0n) is 8.85. The molecule has 1 aromatic rings. The second kappa shape index (κ2) is 4.45. The number of aliphatic hydroxyl groups is 2. The Morgan fingerprint density at radius 1 is 1.38 bits per heavy atom. The summed E-state index contributed by atoms with van der Waals surface area (Å²) >= 11 is 0. The predicted octanol–water partition coefficient (Wildman–Crippen LogP) is 1.64. The van der Waals surface area contributed by atoms with Crippen LogP contribution < -0.4 is 9.47 Å². The molecule has 0 saturated carbocycles. The summed E-state index contributed by atoms with van der Waals surface area (Å²) in [5.41, 5.74) is 0.971. The molecule has 0 spiro atoms. The molecule has 0 bridgehead atoms. The minimum absolute atomic E-state index is 0.000154. The fraction of sp³-hybridized carbons (Fsp3) is 0.333. The predicted molar refractivity (Wildman–Crippen MR) is 58.6 cm³/mol. The van der Waals surface area contributed by atoms with Crippen molar-refractivity contribution in [3.05, 3.63) is 36.1 Å². The van der Waals surface area contributed by atoms with Gasteiger partial charge in [0.15, 0.2) is 11.5 Å². The lowest BCUT2D eigenvalue weighted by Gasteiger charge is -2.12. The van der Waals surface area contributed by atoms with E-state index in [1.807, 2.05) is 18.2 Å². The molecule has 0 saturated heterocycles. The lowest BCUT2D eigenvalue weighted by molar-refractivity contribution is 0.174. The summed E-state index contributed by atoms with van der Waals surface area (Å²) in [6.07, 6.45) is 0.530. The Bertz CT molecular complexity index is 400. The van der Waals surface area contributed by atoms with Gasteiger partial charge in [0.2, 0.25) is 6.79 Å². The van der Waals surface area contributed by atoms with Gasteiger partial charge in [0.05, 0.1) is 12.4 Å². The lowest BCUT2D eigenvalue weighted by Crippen LogP contribution is -2.11. The summed E-state index contributed by atoms with van der Waals surface area (Å²) in [7, 11) is 0. The number of hydrogen-bond acceptors (Lipinski definition) is 4. The van der Waals surface area contributed by atoms with Crippen LogP contribution in [0.1, 0.15) is 5.56 Å². The Balaban J connectivity index is 2.13. The number of benzene rings is 1. The van der Waals surface area contributed by atoms with Crippen LogP contribution in [0.25, 0.3) is 0 Å². The third-order valence-corrected chi connectivity index (χ3v) is 2.61. The number of aliphatic hydroxyl groups excluding tert-OH is 2. The normalized spacial score (nSPS) is 14.8. The van der Waals surface area contributed by atoms with Gasteiger partial charge in [-0.1, -0.05) is 12.6 Å². The zero-order chi connectivity index (χ0) is 11.5. The maximum atomic E-state index is 9.26. The quantitative estimate of drug-likeness (QED) is 0.760. The van der Waals surface area contributed by atoms with E-state index in [0.717, 1.165) is 11.3 Å². The Morgan fingerprint density at radius 2 is 2.12 bits per heavy atom. The van der Waals surface area contributed by atoms with Gasteiger partial charge in [-0.3, -0.25) is 0 Å². The molecule has 0 radical (unpaired) electrons. The van der Waals surface area contributed by atoms with Crippen LogP contribution in [0.2, 0.25) is 0 Å². The van der Waals surface area contributed by atoms with Crippen LogP contribution in [0.4, 0.5) is 0 Å². The molecule has 0 fully saturated rings. The fourth-order valence-corrected chi connectivity index (χ4v) is 1.64. The van der Waals surface area contributed by atoms with Gasteiger partial charge in [-0.15, -0.1) is 0 Å². The van der Waals surface area contributed by atoms with Crippen molar-refractivity contribution in [2.24, 2.45) is 5.92 Å². The van der Waals surface area contributed by atoms with Gasteiger partial charge < -0.3 is 19.7 Å². The number of fused-ring (bicyclic) bond motifs is 1. The van der Waals surface area contributed by atoms with Crippen molar-refractivity contribution in [2.45, 2.75) is 6.42 Å². The standard InChI is InChI=1S/C12H14O4/c1-8(14)10(6-13)4-9-2-3-11-12(5-9)16-7-15-11/h2-3,5,10,13-14H,1,4,6-7H2. The molecule has 4 heteroatoms. The average Bonchev–Trinajstić information content (AvgIpc) is 2.72. The van der Waals surface area contributed by atoms with Gasteiger partial charge in [-0.05, 0) is 24.1 Å². The summed E-state index contributed by atoms with van der Waals surface area (Å²) < 4.78 is 10.4. The molecule has 2 N–H and O–H groups in total.